The average molecular weight is 344 g/mol. The fourth-order valence-electron chi connectivity index (χ4n) is 3.08. The number of benzene rings is 1. The van der Waals surface area contributed by atoms with Crippen molar-refractivity contribution in [1.29, 1.82) is 0 Å². The summed E-state index contributed by atoms with van der Waals surface area (Å²) in [5.41, 5.74) is 1.84. The topological polar surface area (TPSA) is 34.9 Å². The molecule has 2 aromatic heterocycles. The molecular weight excluding hydrogens is 330 g/mol. The molecule has 6 heteroatoms. The highest BCUT2D eigenvalue weighted by Crippen LogP contribution is 2.32. The van der Waals surface area contributed by atoms with Gasteiger partial charge in [-0.2, -0.15) is 0 Å². The number of rotatable bonds is 1. The molecular formula is C18H14F2N2OS. The molecule has 0 radical (unpaired) electrons. The largest absolute Gasteiger partial charge is 0.292 e. The molecule has 0 bridgehead atoms. The minimum Gasteiger partial charge on any atom is -0.292 e. The summed E-state index contributed by atoms with van der Waals surface area (Å²) in [6, 6.07) is 4.07. The van der Waals surface area contributed by atoms with Gasteiger partial charge >= 0.3 is 0 Å². The van der Waals surface area contributed by atoms with Gasteiger partial charge < -0.3 is 0 Å². The van der Waals surface area contributed by atoms with E-state index >= 15 is 0 Å². The summed E-state index contributed by atoms with van der Waals surface area (Å²) >= 11 is 1.49. The van der Waals surface area contributed by atoms with E-state index in [-0.39, 0.29) is 11.1 Å². The van der Waals surface area contributed by atoms with Crippen molar-refractivity contribution in [2.45, 2.75) is 26.8 Å². The number of nitrogens with zero attached hydrogens (tertiary/aromatic N) is 2. The molecule has 0 saturated carbocycles. The number of aryl methyl sites for hydroxylation is 2. The van der Waals surface area contributed by atoms with Crippen LogP contribution in [-0.4, -0.2) is 9.55 Å². The number of thiophene rings is 1. The zero-order valence-corrected chi connectivity index (χ0v) is 14.0. The highest BCUT2D eigenvalue weighted by atomic mass is 32.1. The number of aromatic nitrogens is 2. The predicted molar refractivity (Wildman–Crippen MR) is 92.2 cm³/mol. The van der Waals surface area contributed by atoms with Crippen LogP contribution in [-0.2, 0) is 6.54 Å². The van der Waals surface area contributed by atoms with Crippen molar-refractivity contribution < 1.29 is 8.78 Å². The molecule has 3 heterocycles. The van der Waals surface area contributed by atoms with Crippen LogP contribution in [0.3, 0.4) is 0 Å². The van der Waals surface area contributed by atoms with Crippen LogP contribution in [0.15, 0.2) is 23.0 Å². The van der Waals surface area contributed by atoms with Gasteiger partial charge in [0.25, 0.3) is 5.56 Å². The van der Waals surface area contributed by atoms with Crippen molar-refractivity contribution in [1.82, 2.24) is 9.55 Å². The second-order valence-electron chi connectivity index (χ2n) is 5.92. The number of allylic oxidation sites excluding steroid dienone is 1. The van der Waals surface area contributed by atoms with E-state index in [1.54, 1.807) is 10.6 Å². The van der Waals surface area contributed by atoms with Gasteiger partial charge in [0.2, 0.25) is 0 Å². The SMILES string of the molecule is Cc1sc2nc3n(c(=O)c2c1C)CC/C3=C\c1cccc(F)c1F. The van der Waals surface area contributed by atoms with E-state index in [2.05, 4.69) is 4.98 Å². The van der Waals surface area contributed by atoms with E-state index in [0.717, 1.165) is 22.1 Å². The van der Waals surface area contributed by atoms with Crippen LogP contribution in [0.1, 0.15) is 28.2 Å². The van der Waals surface area contributed by atoms with Crippen molar-refractivity contribution in [3.63, 3.8) is 0 Å². The Morgan fingerprint density at radius 1 is 1.29 bits per heavy atom. The first kappa shape index (κ1) is 15.2. The summed E-state index contributed by atoms with van der Waals surface area (Å²) in [5.74, 6) is -1.21. The molecule has 1 aromatic carbocycles. The third-order valence-electron chi connectivity index (χ3n) is 4.49. The van der Waals surface area contributed by atoms with Gasteiger partial charge in [0.1, 0.15) is 10.7 Å². The van der Waals surface area contributed by atoms with Crippen LogP contribution < -0.4 is 5.56 Å². The van der Waals surface area contributed by atoms with Crippen molar-refractivity contribution in [2.24, 2.45) is 0 Å². The maximum absolute atomic E-state index is 13.9. The molecule has 0 spiro atoms. The summed E-state index contributed by atoms with van der Waals surface area (Å²) in [4.78, 5) is 19.1. The highest BCUT2D eigenvalue weighted by Gasteiger charge is 2.23. The normalized spacial score (nSPS) is 15.4. The second kappa shape index (κ2) is 5.34. The Labute approximate surface area is 140 Å². The van der Waals surface area contributed by atoms with E-state index in [4.69, 9.17) is 0 Å². The molecule has 0 saturated heterocycles. The molecule has 1 aliphatic heterocycles. The van der Waals surface area contributed by atoms with Crippen LogP contribution in [0, 0.1) is 25.5 Å². The zero-order valence-electron chi connectivity index (χ0n) is 13.2. The lowest BCUT2D eigenvalue weighted by Crippen LogP contribution is -2.20. The lowest BCUT2D eigenvalue weighted by atomic mass is 10.1. The Morgan fingerprint density at radius 3 is 2.88 bits per heavy atom. The fraction of sp³-hybridized carbons (Fsp3) is 0.222. The second-order valence-corrected chi connectivity index (χ2v) is 7.12. The van der Waals surface area contributed by atoms with Gasteiger partial charge in [-0.25, -0.2) is 13.8 Å². The van der Waals surface area contributed by atoms with Crippen LogP contribution in [0.2, 0.25) is 0 Å². The smallest absolute Gasteiger partial charge is 0.262 e. The third kappa shape index (κ3) is 2.13. The molecule has 0 atom stereocenters. The van der Waals surface area contributed by atoms with Gasteiger partial charge in [0.05, 0.1) is 5.39 Å². The summed E-state index contributed by atoms with van der Waals surface area (Å²) < 4.78 is 28.9. The number of hydrogen-bond donors (Lipinski definition) is 0. The van der Waals surface area contributed by atoms with Gasteiger partial charge in [-0.15, -0.1) is 11.3 Å². The van der Waals surface area contributed by atoms with Crippen LogP contribution in [0.25, 0.3) is 21.9 Å². The number of hydrogen-bond acceptors (Lipinski definition) is 3. The first-order valence-corrected chi connectivity index (χ1v) is 8.44. The Bertz CT molecular complexity index is 1080. The van der Waals surface area contributed by atoms with E-state index in [9.17, 15) is 13.6 Å². The maximum Gasteiger partial charge on any atom is 0.262 e. The third-order valence-corrected chi connectivity index (χ3v) is 5.59. The Kier molecular flexibility index (Phi) is 3.38. The number of fused-ring (bicyclic) bond motifs is 2. The number of halogens is 2. The molecule has 0 unspecified atom stereocenters. The van der Waals surface area contributed by atoms with Gasteiger partial charge in [0, 0.05) is 17.0 Å². The van der Waals surface area contributed by atoms with E-state index in [1.165, 1.54) is 23.5 Å². The van der Waals surface area contributed by atoms with Gasteiger partial charge in [-0.3, -0.25) is 9.36 Å². The van der Waals surface area contributed by atoms with Crippen molar-refractivity contribution in [3.8, 4) is 0 Å². The Balaban J connectivity index is 1.93. The van der Waals surface area contributed by atoms with Crippen LogP contribution in [0.5, 0.6) is 0 Å². The molecule has 0 amide bonds. The lowest BCUT2D eigenvalue weighted by Gasteiger charge is -2.04. The standard InChI is InChI=1S/C18H14F2N2OS/c1-9-10(2)24-17-14(9)18(23)22-7-6-12(16(22)21-17)8-11-4-3-5-13(19)15(11)20/h3-5,8H,6-7H2,1-2H3/b12-8+. The summed E-state index contributed by atoms with van der Waals surface area (Å²) in [5, 5.41) is 0.666. The van der Waals surface area contributed by atoms with Crippen molar-refractivity contribution >= 4 is 33.2 Å². The average Bonchev–Trinajstić information content (AvgIpc) is 3.07. The fourth-order valence-corrected chi connectivity index (χ4v) is 4.10. The van der Waals surface area contributed by atoms with Gasteiger partial charge in [-0.1, -0.05) is 12.1 Å². The molecule has 0 fully saturated rings. The molecule has 1 aliphatic rings. The quantitative estimate of drug-likeness (QED) is 0.660. The first-order chi connectivity index (χ1) is 11.5. The molecule has 3 nitrogen and oxygen atoms in total. The lowest BCUT2D eigenvalue weighted by molar-refractivity contribution is 0.507. The molecule has 24 heavy (non-hydrogen) atoms. The summed E-state index contributed by atoms with van der Waals surface area (Å²) in [7, 11) is 0. The zero-order chi connectivity index (χ0) is 17.0. The van der Waals surface area contributed by atoms with Crippen LogP contribution in [0.4, 0.5) is 8.78 Å². The van der Waals surface area contributed by atoms with E-state index in [1.807, 2.05) is 13.8 Å². The summed E-state index contributed by atoms with van der Waals surface area (Å²) in [6.07, 6.45) is 2.16. The van der Waals surface area contributed by atoms with Crippen molar-refractivity contribution in [3.05, 3.63) is 62.0 Å². The predicted octanol–water partition coefficient (Wildman–Crippen LogP) is 4.30. The molecule has 122 valence electrons. The minimum atomic E-state index is -0.882. The molecule has 0 N–H and O–H groups in total. The van der Waals surface area contributed by atoms with E-state index < -0.39 is 11.6 Å². The van der Waals surface area contributed by atoms with E-state index in [0.29, 0.717) is 29.0 Å². The monoisotopic (exact) mass is 344 g/mol. The molecule has 0 aliphatic carbocycles. The minimum absolute atomic E-state index is 0.0556. The first-order valence-electron chi connectivity index (χ1n) is 7.63. The van der Waals surface area contributed by atoms with Gasteiger partial charge in [-0.05, 0) is 43.5 Å². The highest BCUT2D eigenvalue weighted by molar-refractivity contribution is 7.18. The van der Waals surface area contributed by atoms with Gasteiger partial charge in [0.15, 0.2) is 11.6 Å². The molecule has 4 rings (SSSR count). The Hall–Kier alpha value is -2.34. The molecule has 3 aromatic rings. The maximum atomic E-state index is 13.9. The van der Waals surface area contributed by atoms with Crippen LogP contribution >= 0.6 is 11.3 Å². The Morgan fingerprint density at radius 2 is 2.08 bits per heavy atom. The van der Waals surface area contributed by atoms with Crippen molar-refractivity contribution in [2.75, 3.05) is 0 Å². The summed E-state index contributed by atoms with van der Waals surface area (Å²) in [6.45, 7) is 4.40.